The van der Waals surface area contributed by atoms with Crippen LogP contribution in [0.25, 0.3) is 6.08 Å². The van der Waals surface area contributed by atoms with Crippen molar-refractivity contribution in [2.24, 2.45) is 0 Å². The molecule has 15 heavy (non-hydrogen) atoms. The van der Waals surface area contributed by atoms with Gasteiger partial charge in [-0.3, -0.25) is 5.10 Å². The van der Waals surface area contributed by atoms with E-state index in [1.807, 2.05) is 5.10 Å². The zero-order chi connectivity index (χ0) is 11.5. The first kappa shape index (κ1) is 11.3. The fraction of sp³-hybridized carbons (Fsp3) is 0.250. The van der Waals surface area contributed by atoms with Gasteiger partial charge in [-0.15, -0.1) is 0 Å². The van der Waals surface area contributed by atoms with Crippen LogP contribution in [0.5, 0.6) is 0 Å². The first-order valence-corrected chi connectivity index (χ1v) is 3.81. The maximum Gasteiger partial charge on any atom is 0.433 e. The van der Waals surface area contributed by atoms with Gasteiger partial charge in [-0.2, -0.15) is 18.3 Å². The molecular weight excluding hydrogens is 213 g/mol. The minimum atomic E-state index is -4.52. The molecule has 0 bridgehead atoms. The van der Waals surface area contributed by atoms with E-state index in [-0.39, 0.29) is 5.56 Å². The number of nitrogens with zero attached hydrogens (tertiary/aromatic N) is 1. The number of carbonyl (C=O) groups excluding carboxylic acids is 1. The summed E-state index contributed by atoms with van der Waals surface area (Å²) in [6.45, 7) is 0. The van der Waals surface area contributed by atoms with E-state index in [0.29, 0.717) is 0 Å². The van der Waals surface area contributed by atoms with Crippen molar-refractivity contribution in [1.82, 2.24) is 10.2 Å². The van der Waals surface area contributed by atoms with Crippen LogP contribution < -0.4 is 0 Å². The summed E-state index contributed by atoms with van der Waals surface area (Å²) in [7, 11) is 1.13. The largest absolute Gasteiger partial charge is 0.466 e. The van der Waals surface area contributed by atoms with E-state index in [0.717, 1.165) is 25.5 Å². The Hall–Kier alpha value is -1.79. The molecular formula is C8H7F3N2O2. The van der Waals surface area contributed by atoms with E-state index < -0.39 is 17.8 Å². The maximum atomic E-state index is 12.3. The highest BCUT2D eigenvalue weighted by Crippen LogP contribution is 2.30. The standard InChI is InChI=1S/C8H7F3N2O2/c1-15-6(14)3-2-5-4-12-13-7(5)8(9,10)11/h2-4H,1H3,(H,12,13). The molecule has 1 aromatic heterocycles. The van der Waals surface area contributed by atoms with Gasteiger partial charge in [0.1, 0.15) is 5.69 Å². The van der Waals surface area contributed by atoms with Crippen molar-refractivity contribution in [3.05, 3.63) is 23.5 Å². The number of ether oxygens (including phenoxy) is 1. The quantitative estimate of drug-likeness (QED) is 0.608. The van der Waals surface area contributed by atoms with Crippen molar-refractivity contribution in [2.75, 3.05) is 7.11 Å². The van der Waals surface area contributed by atoms with Crippen molar-refractivity contribution >= 4 is 12.0 Å². The van der Waals surface area contributed by atoms with Gasteiger partial charge < -0.3 is 4.74 Å². The zero-order valence-corrected chi connectivity index (χ0v) is 7.63. The lowest BCUT2D eigenvalue weighted by molar-refractivity contribution is -0.141. The lowest BCUT2D eigenvalue weighted by Crippen LogP contribution is -2.07. The second kappa shape index (κ2) is 4.16. The number of hydrogen-bond acceptors (Lipinski definition) is 3. The van der Waals surface area contributed by atoms with Crippen LogP contribution in [-0.2, 0) is 15.7 Å². The Balaban J connectivity index is 2.92. The number of carbonyl (C=O) groups is 1. The monoisotopic (exact) mass is 220 g/mol. The Kier molecular flexibility index (Phi) is 3.13. The first-order valence-electron chi connectivity index (χ1n) is 3.81. The third kappa shape index (κ3) is 2.83. The minimum absolute atomic E-state index is 0.215. The molecule has 4 nitrogen and oxygen atoms in total. The Morgan fingerprint density at radius 3 is 2.80 bits per heavy atom. The molecule has 0 unspecified atom stereocenters. The summed E-state index contributed by atoms with van der Waals surface area (Å²) < 4.78 is 41.0. The van der Waals surface area contributed by atoms with E-state index >= 15 is 0 Å². The highest BCUT2D eigenvalue weighted by Gasteiger charge is 2.34. The van der Waals surface area contributed by atoms with E-state index in [2.05, 4.69) is 9.84 Å². The van der Waals surface area contributed by atoms with Crippen LogP contribution in [0.2, 0.25) is 0 Å². The summed E-state index contributed by atoms with van der Waals surface area (Å²) in [5, 5.41) is 5.05. The molecule has 0 aliphatic heterocycles. The second-order valence-electron chi connectivity index (χ2n) is 2.55. The van der Waals surface area contributed by atoms with Gasteiger partial charge in [0.25, 0.3) is 0 Å². The third-order valence-corrected chi connectivity index (χ3v) is 1.55. The molecule has 7 heteroatoms. The number of methoxy groups -OCH3 is 1. The summed E-state index contributed by atoms with van der Waals surface area (Å²) in [5.74, 6) is -0.732. The molecule has 0 amide bonds. The Morgan fingerprint density at radius 1 is 1.60 bits per heavy atom. The van der Waals surface area contributed by atoms with E-state index in [9.17, 15) is 18.0 Å². The van der Waals surface area contributed by atoms with Crippen molar-refractivity contribution in [2.45, 2.75) is 6.18 Å². The molecule has 0 spiro atoms. The Labute approximate surface area is 82.7 Å². The summed E-state index contributed by atoms with van der Waals surface area (Å²) in [4.78, 5) is 10.6. The molecule has 0 aromatic carbocycles. The average molecular weight is 220 g/mol. The molecule has 0 radical (unpaired) electrons. The summed E-state index contributed by atoms with van der Waals surface area (Å²) in [5.41, 5.74) is -1.21. The number of alkyl halides is 3. The zero-order valence-electron chi connectivity index (χ0n) is 7.63. The lowest BCUT2D eigenvalue weighted by atomic mass is 10.2. The molecule has 1 heterocycles. The number of esters is 1. The van der Waals surface area contributed by atoms with E-state index in [1.54, 1.807) is 0 Å². The third-order valence-electron chi connectivity index (χ3n) is 1.55. The number of halogens is 3. The molecule has 0 saturated carbocycles. The normalized spacial score (nSPS) is 12.0. The molecule has 0 fully saturated rings. The van der Waals surface area contributed by atoms with Crippen LogP contribution in [0, 0.1) is 0 Å². The van der Waals surface area contributed by atoms with Crippen LogP contribution in [-0.4, -0.2) is 23.3 Å². The number of H-pyrrole nitrogens is 1. The molecule has 1 aromatic rings. The van der Waals surface area contributed by atoms with Gasteiger partial charge in [0.2, 0.25) is 0 Å². The topological polar surface area (TPSA) is 55.0 Å². The first-order chi connectivity index (χ1) is 6.95. The number of aromatic amines is 1. The molecule has 82 valence electrons. The van der Waals surface area contributed by atoms with Crippen molar-refractivity contribution in [3.8, 4) is 0 Å². The average Bonchev–Trinajstić information content (AvgIpc) is 2.61. The van der Waals surface area contributed by atoms with Gasteiger partial charge in [0.05, 0.1) is 13.3 Å². The predicted molar refractivity (Wildman–Crippen MR) is 44.6 cm³/mol. The van der Waals surface area contributed by atoms with Gasteiger partial charge in [-0.1, -0.05) is 0 Å². The Morgan fingerprint density at radius 2 is 2.27 bits per heavy atom. The van der Waals surface area contributed by atoms with Crippen LogP contribution in [0.3, 0.4) is 0 Å². The van der Waals surface area contributed by atoms with Crippen molar-refractivity contribution < 1.29 is 22.7 Å². The van der Waals surface area contributed by atoms with Crippen LogP contribution >= 0.6 is 0 Å². The van der Waals surface area contributed by atoms with Crippen molar-refractivity contribution in [3.63, 3.8) is 0 Å². The lowest BCUT2D eigenvalue weighted by Gasteiger charge is -2.03. The summed E-state index contributed by atoms with van der Waals surface area (Å²) in [6.07, 6.45) is -1.67. The smallest absolute Gasteiger partial charge is 0.433 e. The van der Waals surface area contributed by atoms with Crippen molar-refractivity contribution in [1.29, 1.82) is 0 Å². The highest BCUT2D eigenvalue weighted by atomic mass is 19.4. The molecule has 0 aliphatic rings. The number of hydrogen-bond donors (Lipinski definition) is 1. The van der Waals surface area contributed by atoms with E-state index in [4.69, 9.17) is 0 Å². The maximum absolute atomic E-state index is 12.3. The molecule has 1 N–H and O–H groups in total. The van der Waals surface area contributed by atoms with Crippen LogP contribution in [0.1, 0.15) is 11.3 Å². The number of rotatable bonds is 2. The summed E-state index contributed by atoms with van der Waals surface area (Å²) >= 11 is 0. The van der Waals surface area contributed by atoms with Crippen LogP contribution in [0.4, 0.5) is 13.2 Å². The molecule has 0 aliphatic carbocycles. The molecule has 0 atom stereocenters. The van der Waals surface area contributed by atoms with Gasteiger partial charge in [-0.05, 0) is 6.08 Å². The van der Waals surface area contributed by atoms with Gasteiger partial charge >= 0.3 is 12.1 Å². The number of aromatic nitrogens is 2. The van der Waals surface area contributed by atoms with Gasteiger partial charge in [0.15, 0.2) is 0 Å². The van der Waals surface area contributed by atoms with Gasteiger partial charge in [-0.25, -0.2) is 4.79 Å². The molecule has 0 saturated heterocycles. The fourth-order valence-electron chi connectivity index (χ4n) is 0.875. The van der Waals surface area contributed by atoms with Gasteiger partial charge in [0, 0.05) is 11.6 Å². The Bertz CT molecular complexity index is 381. The fourth-order valence-corrected chi connectivity index (χ4v) is 0.875. The second-order valence-corrected chi connectivity index (χ2v) is 2.55. The highest BCUT2D eigenvalue weighted by molar-refractivity contribution is 5.87. The SMILES string of the molecule is COC(=O)C=Cc1cn[nH]c1C(F)(F)F. The minimum Gasteiger partial charge on any atom is -0.466 e. The number of nitrogens with one attached hydrogen (secondary N) is 1. The van der Waals surface area contributed by atoms with Crippen LogP contribution in [0.15, 0.2) is 12.3 Å². The summed E-state index contributed by atoms with van der Waals surface area (Å²) in [6, 6.07) is 0. The molecule has 1 rings (SSSR count). The van der Waals surface area contributed by atoms with E-state index in [1.165, 1.54) is 0 Å². The predicted octanol–water partition coefficient (Wildman–Crippen LogP) is 1.61.